The van der Waals surface area contributed by atoms with Gasteiger partial charge in [-0.1, -0.05) is 54.6 Å². The molecule has 3 aromatic carbocycles. The van der Waals surface area contributed by atoms with Crippen LogP contribution in [0.3, 0.4) is 0 Å². The van der Waals surface area contributed by atoms with Crippen LogP contribution in [0.15, 0.2) is 79.0 Å². The van der Waals surface area contributed by atoms with Crippen LogP contribution in [0, 0.1) is 28.5 Å². The first-order valence-electron chi connectivity index (χ1n) is 12.6. The fraction of sp³-hybridized carbons (Fsp3) is 0.290. The summed E-state index contributed by atoms with van der Waals surface area (Å²) in [6.45, 7) is 0.551. The molecule has 4 nitrogen and oxygen atoms in total. The van der Waals surface area contributed by atoms with Crippen LogP contribution in [0.4, 0.5) is 4.39 Å². The largest absolute Gasteiger partial charge is 0.349 e. The Kier molecular flexibility index (Phi) is 5.60. The molecule has 2 fully saturated rings. The fourth-order valence-electron chi connectivity index (χ4n) is 6.36. The maximum Gasteiger partial charge on any atom is 0.253 e. The van der Waals surface area contributed by atoms with E-state index in [0.717, 1.165) is 42.4 Å². The van der Waals surface area contributed by atoms with Gasteiger partial charge < -0.3 is 9.88 Å². The second-order valence-electron chi connectivity index (χ2n) is 10.6. The van der Waals surface area contributed by atoms with Crippen LogP contribution in [-0.4, -0.2) is 16.5 Å². The Hall–Kier alpha value is -3.91. The first-order valence-corrected chi connectivity index (χ1v) is 12.6. The van der Waals surface area contributed by atoms with Crippen molar-refractivity contribution in [3.05, 3.63) is 95.9 Å². The number of hydrogen-bond acceptors (Lipinski definition) is 2. The minimum absolute atomic E-state index is 0.146. The van der Waals surface area contributed by atoms with E-state index in [1.807, 2.05) is 29.0 Å². The molecule has 4 aromatic rings. The van der Waals surface area contributed by atoms with Gasteiger partial charge in [0.25, 0.3) is 5.91 Å². The Morgan fingerprint density at radius 2 is 1.69 bits per heavy atom. The molecule has 36 heavy (non-hydrogen) atoms. The summed E-state index contributed by atoms with van der Waals surface area (Å²) < 4.78 is 16.6. The van der Waals surface area contributed by atoms with Crippen molar-refractivity contribution in [2.24, 2.45) is 11.3 Å². The Bertz CT molecular complexity index is 1450. The first kappa shape index (κ1) is 22.5. The van der Waals surface area contributed by atoms with Crippen molar-refractivity contribution in [1.29, 1.82) is 5.26 Å². The molecule has 1 spiro atoms. The van der Waals surface area contributed by atoms with Crippen molar-refractivity contribution in [2.75, 3.05) is 0 Å². The number of nitrogens with one attached hydrogen (secondary N) is 1. The quantitative estimate of drug-likeness (QED) is 0.336. The van der Waals surface area contributed by atoms with E-state index in [0.29, 0.717) is 40.8 Å². The van der Waals surface area contributed by atoms with E-state index in [4.69, 9.17) is 5.26 Å². The molecule has 6 rings (SSSR count). The van der Waals surface area contributed by atoms with Gasteiger partial charge in [-0.3, -0.25) is 4.79 Å². The molecule has 2 aliphatic carbocycles. The van der Waals surface area contributed by atoms with E-state index in [2.05, 4.69) is 47.8 Å². The van der Waals surface area contributed by atoms with E-state index < -0.39 is 0 Å². The van der Waals surface area contributed by atoms with Gasteiger partial charge in [0.2, 0.25) is 0 Å². The lowest BCUT2D eigenvalue weighted by molar-refractivity contribution is -0.0450. The van der Waals surface area contributed by atoms with Crippen molar-refractivity contribution in [3.63, 3.8) is 0 Å². The van der Waals surface area contributed by atoms with Crippen LogP contribution in [0.25, 0.3) is 22.0 Å². The van der Waals surface area contributed by atoms with Crippen LogP contribution >= 0.6 is 0 Å². The van der Waals surface area contributed by atoms with Gasteiger partial charge in [-0.15, -0.1) is 0 Å². The minimum Gasteiger partial charge on any atom is -0.349 e. The molecule has 2 aliphatic rings. The van der Waals surface area contributed by atoms with Gasteiger partial charge in [0.15, 0.2) is 0 Å². The lowest BCUT2D eigenvalue weighted by Gasteiger charge is -2.57. The minimum atomic E-state index is -0.319. The highest BCUT2D eigenvalue weighted by Crippen LogP contribution is 2.59. The fourth-order valence-corrected chi connectivity index (χ4v) is 6.36. The predicted molar refractivity (Wildman–Crippen MR) is 139 cm³/mol. The first-order chi connectivity index (χ1) is 17.5. The van der Waals surface area contributed by atoms with E-state index in [-0.39, 0.29) is 17.8 Å². The number of nitriles is 1. The SMILES string of the molecule is N#CCC1CC2(C1)CC(NC(=O)c1ccc(F)c3ccn(Cc4ccc(-c5ccccc5)cc4)c13)C2. The summed E-state index contributed by atoms with van der Waals surface area (Å²) in [4.78, 5) is 13.3. The van der Waals surface area contributed by atoms with Crippen molar-refractivity contribution >= 4 is 16.8 Å². The van der Waals surface area contributed by atoms with Gasteiger partial charge in [0.05, 0.1) is 17.1 Å². The number of halogens is 1. The van der Waals surface area contributed by atoms with E-state index in [1.54, 1.807) is 12.1 Å². The number of aromatic nitrogens is 1. The molecule has 0 radical (unpaired) electrons. The van der Waals surface area contributed by atoms with E-state index in [9.17, 15) is 9.18 Å². The predicted octanol–water partition coefficient (Wildman–Crippen LogP) is 6.70. The second kappa shape index (κ2) is 8.95. The molecule has 1 heterocycles. The molecule has 0 saturated heterocycles. The monoisotopic (exact) mass is 477 g/mol. The molecule has 0 atom stereocenters. The Morgan fingerprint density at radius 3 is 2.42 bits per heavy atom. The van der Waals surface area contributed by atoms with E-state index >= 15 is 0 Å². The lowest BCUT2D eigenvalue weighted by atomic mass is 9.49. The average Bonchev–Trinajstić information content (AvgIpc) is 3.27. The van der Waals surface area contributed by atoms with Crippen LogP contribution in [0.5, 0.6) is 0 Å². The summed E-state index contributed by atoms with van der Waals surface area (Å²) in [5.41, 5.74) is 4.86. The van der Waals surface area contributed by atoms with Gasteiger partial charge in [0, 0.05) is 30.6 Å². The van der Waals surface area contributed by atoms with Gasteiger partial charge >= 0.3 is 0 Å². The van der Waals surface area contributed by atoms with Gasteiger partial charge in [-0.25, -0.2) is 4.39 Å². The average molecular weight is 478 g/mol. The summed E-state index contributed by atoms with van der Waals surface area (Å²) in [5, 5.41) is 12.5. The highest BCUT2D eigenvalue weighted by molar-refractivity contribution is 6.06. The smallest absolute Gasteiger partial charge is 0.253 e. The zero-order valence-corrected chi connectivity index (χ0v) is 20.1. The Morgan fingerprint density at radius 1 is 0.972 bits per heavy atom. The number of rotatable bonds is 6. The highest BCUT2D eigenvalue weighted by atomic mass is 19.1. The zero-order chi connectivity index (χ0) is 24.7. The molecular formula is C31H28FN3O. The van der Waals surface area contributed by atoms with Crippen molar-refractivity contribution in [2.45, 2.75) is 44.7 Å². The molecule has 0 unspecified atom stereocenters. The topological polar surface area (TPSA) is 57.8 Å². The van der Waals surface area contributed by atoms with Crippen molar-refractivity contribution in [3.8, 4) is 17.2 Å². The number of hydrogen-bond donors (Lipinski definition) is 1. The van der Waals surface area contributed by atoms with Gasteiger partial charge in [0.1, 0.15) is 5.82 Å². The number of nitrogens with zero attached hydrogens (tertiary/aromatic N) is 2. The summed E-state index contributed by atoms with van der Waals surface area (Å²) in [6, 6.07) is 25.7. The summed E-state index contributed by atoms with van der Waals surface area (Å²) >= 11 is 0. The highest BCUT2D eigenvalue weighted by Gasteiger charge is 2.52. The number of carbonyl (C=O) groups excluding carboxylic acids is 1. The van der Waals surface area contributed by atoms with Gasteiger partial charge in [-0.05, 0) is 71.9 Å². The number of benzene rings is 3. The van der Waals surface area contributed by atoms with Crippen molar-refractivity contribution in [1.82, 2.24) is 9.88 Å². The summed E-state index contributed by atoms with van der Waals surface area (Å²) in [6.07, 6.45) is 6.63. The standard InChI is InChI=1S/C31H28FN3O/c32-28-11-10-27(30(36)34-25-18-31(19-25)16-22(17-31)12-14-33)29-26(28)13-15-35(29)20-21-6-8-24(9-7-21)23-4-2-1-3-5-23/h1-11,13,15,22,25H,12,16-20H2,(H,34,36). The Labute approximate surface area is 210 Å². The van der Waals surface area contributed by atoms with Gasteiger partial charge in [-0.2, -0.15) is 5.26 Å². The van der Waals surface area contributed by atoms with Crippen LogP contribution in [0.1, 0.15) is 48.0 Å². The molecular weight excluding hydrogens is 449 g/mol. The normalized spacial score (nSPS) is 22.6. The summed E-state index contributed by atoms with van der Waals surface area (Å²) in [5.74, 6) is 0.0564. The molecule has 180 valence electrons. The molecule has 0 bridgehead atoms. The third-order valence-electron chi connectivity index (χ3n) is 8.05. The molecule has 5 heteroatoms. The van der Waals surface area contributed by atoms with Crippen LogP contribution in [0.2, 0.25) is 0 Å². The molecule has 1 amide bonds. The number of fused-ring (bicyclic) bond motifs is 1. The lowest BCUT2D eigenvalue weighted by Crippen LogP contribution is -2.56. The molecule has 1 N–H and O–H groups in total. The maximum atomic E-state index is 14.6. The number of carbonyl (C=O) groups is 1. The third kappa shape index (κ3) is 4.07. The van der Waals surface area contributed by atoms with Crippen LogP contribution in [-0.2, 0) is 6.54 Å². The zero-order valence-electron chi connectivity index (χ0n) is 20.1. The van der Waals surface area contributed by atoms with Crippen molar-refractivity contribution < 1.29 is 9.18 Å². The Balaban J connectivity index is 1.19. The third-order valence-corrected chi connectivity index (χ3v) is 8.05. The van der Waals surface area contributed by atoms with Crippen LogP contribution < -0.4 is 5.32 Å². The summed E-state index contributed by atoms with van der Waals surface area (Å²) in [7, 11) is 0. The van der Waals surface area contributed by atoms with E-state index in [1.165, 1.54) is 6.07 Å². The molecule has 2 saturated carbocycles. The molecule has 1 aromatic heterocycles. The maximum absolute atomic E-state index is 14.6. The molecule has 0 aliphatic heterocycles. The number of amides is 1. The second-order valence-corrected chi connectivity index (χ2v) is 10.6.